The van der Waals surface area contributed by atoms with Crippen molar-refractivity contribution in [3.8, 4) is 34.1 Å². The van der Waals surface area contributed by atoms with Gasteiger partial charge in [0, 0.05) is 47.2 Å². The highest BCUT2D eigenvalue weighted by atomic mass is 35.5. The van der Waals surface area contributed by atoms with Gasteiger partial charge in [-0.3, -0.25) is 4.90 Å². The van der Waals surface area contributed by atoms with Crippen LogP contribution in [0.3, 0.4) is 0 Å². The van der Waals surface area contributed by atoms with Gasteiger partial charge in [0.05, 0.1) is 45.2 Å². The van der Waals surface area contributed by atoms with Crippen LogP contribution in [0, 0.1) is 0 Å². The number of anilines is 1. The molecule has 2 aromatic heterocycles. The van der Waals surface area contributed by atoms with Gasteiger partial charge in [0.25, 0.3) is 0 Å². The zero-order chi connectivity index (χ0) is 28.9. The standard InChI is InChI=1S/C31H32ClN7O3/c1-40-28-18-26-25(17-29(28)42-13-3-10-38-11-14-41-15-12-38)30(33)35-31(34-26)23-5-2-4-22(16-23)27-20-39(37-36-27)19-21-6-8-24(32)9-7-21/h2,4-9,16-18,20H,3,10-15,19H2,1H3,(H2,33,34,35). The lowest BCUT2D eigenvalue weighted by molar-refractivity contribution is 0.0357. The molecule has 0 radical (unpaired) electrons. The Morgan fingerprint density at radius 3 is 2.60 bits per heavy atom. The lowest BCUT2D eigenvalue weighted by atomic mass is 10.1. The maximum absolute atomic E-state index is 6.44. The molecule has 0 aliphatic carbocycles. The van der Waals surface area contributed by atoms with E-state index in [1.54, 1.807) is 11.8 Å². The molecule has 11 heteroatoms. The van der Waals surface area contributed by atoms with Gasteiger partial charge in [-0.05, 0) is 36.2 Å². The van der Waals surface area contributed by atoms with Gasteiger partial charge in [0.2, 0.25) is 0 Å². The van der Waals surface area contributed by atoms with E-state index in [0.29, 0.717) is 52.2 Å². The van der Waals surface area contributed by atoms with Crippen molar-refractivity contribution in [1.29, 1.82) is 0 Å². The Labute approximate surface area is 249 Å². The molecule has 0 amide bonds. The molecular formula is C31H32ClN7O3. The Morgan fingerprint density at radius 2 is 1.79 bits per heavy atom. The van der Waals surface area contributed by atoms with Crippen molar-refractivity contribution in [2.75, 3.05) is 52.3 Å². The topological polar surface area (TPSA) is 113 Å². The predicted octanol–water partition coefficient (Wildman–Crippen LogP) is 4.95. The molecule has 10 nitrogen and oxygen atoms in total. The summed E-state index contributed by atoms with van der Waals surface area (Å²) in [6.45, 7) is 5.62. The number of fused-ring (bicyclic) bond motifs is 1. The third-order valence-electron chi connectivity index (χ3n) is 7.20. The van der Waals surface area contributed by atoms with E-state index >= 15 is 0 Å². The Balaban J connectivity index is 1.19. The first-order valence-corrected chi connectivity index (χ1v) is 14.3. The Hall–Kier alpha value is -4.25. The molecular weight excluding hydrogens is 554 g/mol. The van der Waals surface area contributed by atoms with E-state index in [2.05, 4.69) is 20.2 Å². The predicted molar refractivity (Wildman–Crippen MR) is 163 cm³/mol. The molecule has 1 saturated heterocycles. The second-order valence-electron chi connectivity index (χ2n) is 10.1. The largest absolute Gasteiger partial charge is 0.493 e. The lowest BCUT2D eigenvalue weighted by Gasteiger charge is -2.26. The van der Waals surface area contributed by atoms with Gasteiger partial charge in [0.1, 0.15) is 11.5 Å². The summed E-state index contributed by atoms with van der Waals surface area (Å²) in [5.41, 5.74) is 10.7. The first kappa shape index (κ1) is 27.9. The van der Waals surface area contributed by atoms with Crippen molar-refractivity contribution >= 4 is 28.3 Å². The van der Waals surface area contributed by atoms with Crippen LogP contribution in [0.2, 0.25) is 5.02 Å². The van der Waals surface area contributed by atoms with Crippen LogP contribution in [-0.2, 0) is 11.3 Å². The zero-order valence-electron chi connectivity index (χ0n) is 23.4. The first-order chi connectivity index (χ1) is 20.6. The van der Waals surface area contributed by atoms with E-state index in [1.807, 2.05) is 66.9 Å². The first-order valence-electron chi connectivity index (χ1n) is 13.9. The molecule has 3 heterocycles. The fraction of sp³-hybridized carbons (Fsp3) is 0.290. The molecule has 6 rings (SSSR count). The van der Waals surface area contributed by atoms with E-state index in [9.17, 15) is 0 Å². The zero-order valence-corrected chi connectivity index (χ0v) is 24.1. The molecule has 1 aliphatic heterocycles. The lowest BCUT2D eigenvalue weighted by Crippen LogP contribution is -2.37. The number of nitrogens with two attached hydrogens (primary N) is 1. The molecule has 42 heavy (non-hydrogen) atoms. The molecule has 0 saturated carbocycles. The van der Waals surface area contributed by atoms with Crippen LogP contribution < -0.4 is 15.2 Å². The van der Waals surface area contributed by atoms with Crippen LogP contribution in [0.15, 0.2) is 66.9 Å². The summed E-state index contributed by atoms with van der Waals surface area (Å²) in [6, 6.07) is 19.3. The van der Waals surface area contributed by atoms with Gasteiger partial charge in [-0.15, -0.1) is 5.10 Å². The minimum Gasteiger partial charge on any atom is -0.493 e. The number of hydrogen-bond donors (Lipinski definition) is 1. The Morgan fingerprint density at radius 1 is 0.976 bits per heavy atom. The summed E-state index contributed by atoms with van der Waals surface area (Å²) in [7, 11) is 1.62. The van der Waals surface area contributed by atoms with Gasteiger partial charge in [-0.1, -0.05) is 47.1 Å². The van der Waals surface area contributed by atoms with E-state index in [0.717, 1.165) is 61.7 Å². The van der Waals surface area contributed by atoms with E-state index in [-0.39, 0.29) is 0 Å². The molecule has 0 bridgehead atoms. The minimum atomic E-state index is 0.370. The molecule has 1 fully saturated rings. The van der Waals surface area contributed by atoms with Crippen molar-refractivity contribution in [2.24, 2.45) is 0 Å². The maximum Gasteiger partial charge on any atom is 0.162 e. The molecule has 0 unspecified atom stereocenters. The second-order valence-corrected chi connectivity index (χ2v) is 10.6. The van der Waals surface area contributed by atoms with E-state index in [1.165, 1.54) is 0 Å². The van der Waals surface area contributed by atoms with Crippen LogP contribution in [0.1, 0.15) is 12.0 Å². The molecule has 5 aromatic rings. The van der Waals surface area contributed by atoms with Crippen LogP contribution >= 0.6 is 11.6 Å². The average molecular weight is 586 g/mol. The molecule has 216 valence electrons. The molecule has 3 aromatic carbocycles. The van der Waals surface area contributed by atoms with Crippen molar-refractivity contribution in [2.45, 2.75) is 13.0 Å². The maximum atomic E-state index is 6.44. The number of benzene rings is 3. The average Bonchev–Trinajstić information content (AvgIpc) is 3.49. The van der Waals surface area contributed by atoms with E-state index in [4.69, 9.17) is 36.5 Å². The highest BCUT2D eigenvalue weighted by molar-refractivity contribution is 6.30. The summed E-state index contributed by atoms with van der Waals surface area (Å²) >= 11 is 6.01. The SMILES string of the molecule is COc1cc2nc(-c3cccc(-c4cn(Cc5ccc(Cl)cc5)nn4)c3)nc(N)c2cc1OCCCN1CCOCC1. The number of aromatic nitrogens is 5. The van der Waals surface area contributed by atoms with Gasteiger partial charge in [-0.25, -0.2) is 14.6 Å². The Bertz CT molecular complexity index is 1670. The molecule has 1 aliphatic rings. The number of hydrogen-bond acceptors (Lipinski definition) is 9. The monoisotopic (exact) mass is 585 g/mol. The number of nitrogens with zero attached hydrogens (tertiary/aromatic N) is 6. The highest BCUT2D eigenvalue weighted by Crippen LogP contribution is 2.35. The number of morpholine rings is 1. The third kappa shape index (κ3) is 6.46. The van der Waals surface area contributed by atoms with Crippen LogP contribution in [0.5, 0.6) is 11.5 Å². The summed E-state index contributed by atoms with van der Waals surface area (Å²) in [5.74, 6) is 2.11. The summed E-state index contributed by atoms with van der Waals surface area (Å²) in [6.07, 6.45) is 2.81. The number of methoxy groups -OCH3 is 1. The number of halogens is 1. The molecule has 0 atom stereocenters. The number of rotatable bonds is 10. The van der Waals surface area contributed by atoms with Crippen molar-refractivity contribution in [1.82, 2.24) is 29.9 Å². The summed E-state index contributed by atoms with van der Waals surface area (Å²) in [4.78, 5) is 11.8. The van der Waals surface area contributed by atoms with Crippen molar-refractivity contribution in [3.05, 3.63) is 77.4 Å². The van der Waals surface area contributed by atoms with Crippen LogP contribution in [0.4, 0.5) is 5.82 Å². The fourth-order valence-corrected chi connectivity index (χ4v) is 5.09. The van der Waals surface area contributed by atoms with Crippen molar-refractivity contribution in [3.63, 3.8) is 0 Å². The second kappa shape index (κ2) is 12.7. The van der Waals surface area contributed by atoms with E-state index < -0.39 is 0 Å². The summed E-state index contributed by atoms with van der Waals surface area (Å²) < 4.78 is 18.9. The number of nitrogen functional groups attached to an aromatic ring is 1. The van der Waals surface area contributed by atoms with Crippen LogP contribution in [-0.4, -0.2) is 76.4 Å². The van der Waals surface area contributed by atoms with Crippen LogP contribution in [0.25, 0.3) is 33.5 Å². The number of ether oxygens (including phenoxy) is 3. The van der Waals surface area contributed by atoms with Gasteiger partial charge in [-0.2, -0.15) is 0 Å². The normalized spacial score (nSPS) is 13.9. The molecule has 2 N–H and O–H groups in total. The summed E-state index contributed by atoms with van der Waals surface area (Å²) in [5, 5.41) is 10.1. The molecule has 0 spiro atoms. The van der Waals surface area contributed by atoms with Crippen molar-refractivity contribution < 1.29 is 14.2 Å². The fourth-order valence-electron chi connectivity index (χ4n) is 4.96. The quantitative estimate of drug-likeness (QED) is 0.227. The smallest absolute Gasteiger partial charge is 0.162 e. The minimum absolute atomic E-state index is 0.370. The van der Waals surface area contributed by atoms with Gasteiger partial charge in [0.15, 0.2) is 17.3 Å². The highest BCUT2D eigenvalue weighted by Gasteiger charge is 2.15. The third-order valence-corrected chi connectivity index (χ3v) is 7.46. The Kier molecular flexibility index (Phi) is 8.45. The van der Waals surface area contributed by atoms with Gasteiger partial charge < -0.3 is 19.9 Å². The van der Waals surface area contributed by atoms with Gasteiger partial charge >= 0.3 is 0 Å².